The van der Waals surface area contributed by atoms with Gasteiger partial charge in [0.2, 0.25) is 5.69 Å². The SMILES string of the molecule is O=C(Cl)c1c(Cl)cc(C(F)F)nc1[N+](=O)[O-]. The summed E-state index contributed by atoms with van der Waals surface area (Å²) >= 11 is 10.5. The van der Waals surface area contributed by atoms with Gasteiger partial charge in [0.25, 0.3) is 5.24 Å². The molecule has 1 aromatic rings. The minimum atomic E-state index is -3.03. The largest absolute Gasteiger partial charge is 0.377 e. The fraction of sp³-hybridized carbons (Fsp3) is 0.143. The van der Waals surface area contributed by atoms with Crippen molar-refractivity contribution in [2.45, 2.75) is 6.43 Å². The summed E-state index contributed by atoms with van der Waals surface area (Å²) in [4.78, 5) is 23.2. The van der Waals surface area contributed by atoms with E-state index in [4.69, 9.17) is 23.2 Å². The Balaban J connectivity index is 3.52. The lowest BCUT2D eigenvalue weighted by molar-refractivity contribution is -0.389. The first kappa shape index (κ1) is 12.7. The molecule has 5 nitrogen and oxygen atoms in total. The number of rotatable bonds is 3. The van der Waals surface area contributed by atoms with Gasteiger partial charge in [-0.2, -0.15) is 0 Å². The fourth-order valence-corrected chi connectivity index (χ4v) is 1.46. The maximum absolute atomic E-state index is 12.3. The summed E-state index contributed by atoms with van der Waals surface area (Å²) in [7, 11) is 0. The number of nitro groups is 1. The highest BCUT2D eigenvalue weighted by Gasteiger charge is 2.29. The van der Waals surface area contributed by atoms with Crippen molar-refractivity contribution in [1.29, 1.82) is 0 Å². The van der Waals surface area contributed by atoms with Gasteiger partial charge in [-0.25, -0.2) is 8.78 Å². The number of hydrogen-bond acceptors (Lipinski definition) is 4. The Hall–Kier alpha value is -1.34. The van der Waals surface area contributed by atoms with Crippen molar-refractivity contribution in [3.05, 3.63) is 32.5 Å². The zero-order valence-electron chi connectivity index (χ0n) is 7.29. The summed E-state index contributed by atoms with van der Waals surface area (Å²) in [6.07, 6.45) is -3.03. The number of carbonyl (C=O) groups is 1. The van der Waals surface area contributed by atoms with Crippen molar-refractivity contribution < 1.29 is 18.5 Å². The molecule has 1 aromatic heterocycles. The monoisotopic (exact) mass is 270 g/mol. The molecule has 0 aromatic carbocycles. The van der Waals surface area contributed by atoms with E-state index in [1.807, 2.05) is 0 Å². The van der Waals surface area contributed by atoms with Gasteiger partial charge < -0.3 is 10.1 Å². The molecule has 0 unspecified atom stereocenters. The van der Waals surface area contributed by atoms with Crippen molar-refractivity contribution in [2.75, 3.05) is 0 Å². The van der Waals surface area contributed by atoms with Crippen LogP contribution in [0.2, 0.25) is 5.02 Å². The van der Waals surface area contributed by atoms with E-state index in [9.17, 15) is 23.7 Å². The highest BCUT2D eigenvalue weighted by molar-refractivity contribution is 6.69. The molecule has 0 fully saturated rings. The zero-order valence-corrected chi connectivity index (χ0v) is 8.80. The molecule has 0 amide bonds. The van der Waals surface area contributed by atoms with Gasteiger partial charge in [0.1, 0.15) is 0 Å². The van der Waals surface area contributed by atoms with Crippen molar-refractivity contribution in [1.82, 2.24) is 4.98 Å². The summed E-state index contributed by atoms with van der Waals surface area (Å²) in [6.45, 7) is 0. The van der Waals surface area contributed by atoms with Crippen molar-refractivity contribution in [3.8, 4) is 0 Å². The van der Waals surface area contributed by atoms with E-state index in [0.29, 0.717) is 6.07 Å². The van der Waals surface area contributed by atoms with Gasteiger partial charge in [-0.15, -0.1) is 0 Å². The van der Waals surface area contributed by atoms with Gasteiger partial charge >= 0.3 is 12.2 Å². The summed E-state index contributed by atoms with van der Waals surface area (Å²) in [5.41, 5.74) is -1.59. The van der Waals surface area contributed by atoms with Gasteiger partial charge in [-0.05, 0) is 21.5 Å². The van der Waals surface area contributed by atoms with Crippen LogP contribution in [0.5, 0.6) is 0 Å². The third-order valence-corrected chi connectivity index (χ3v) is 2.05. The Labute approximate surface area is 97.1 Å². The molecule has 1 rings (SSSR count). The number of hydrogen-bond donors (Lipinski definition) is 0. The Morgan fingerprint density at radius 3 is 2.50 bits per heavy atom. The van der Waals surface area contributed by atoms with E-state index in [1.165, 1.54) is 0 Å². The minimum Gasteiger partial charge on any atom is -0.358 e. The molecular weight excluding hydrogens is 269 g/mol. The van der Waals surface area contributed by atoms with Crippen LogP contribution < -0.4 is 0 Å². The van der Waals surface area contributed by atoms with Crippen LogP contribution in [-0.2, 0) is 0 Å². The van der Waals surface area contributed by atoms with Crippen LogP contribution >= 0.6 is 23.2 Å². The molecule has 1 heterocycles. The first-order valence-corrected chi connectivity index (χ1v) is 4.43. The molecule has 86 valence electrons. The molecule has 0 aliphatic rings. The molecule has 16 heavy (non-hydrogen) atoms. The predicted octanol–water partition coefficient (Wildman–Crippen LogP) is 2.96. The van der Waals surface area contributed by atoms with E-state index in [0.717, 1.165) is 0 Å². The summed E-state index contributed by atoms with van der Waals surface area (Å²) in [5, 5.41) is 8.72. The normalized spacial score (nSPS) is 10.6. The van der Waals surface area contributed by atoms with Gasteiger partial charge in [0.05, 0.1) is 5.02 Å². The van der Waals surface area contributed by atoms with Crippen LogP contribution in [0.15, 0.2) is 6.07 Å². The lowest BCUT2D eigenvalue weighted by Crippen LogP contribution is -2.05. The molecular formula is C7H2Cl2F2N2O3. The van der Waals surface area contributed by atoms with Crippen LogP contribution in [0.25, 0.3) is 0 Å². The van der Waals surface area contributed by atoms with E-state index in [1.54, 1.807) is 0 Å². The number of carbonyl (C=O) groups excluding carboxylic acids is 1. The van der Waals surface area contributed by atoms with Crippen LogP contribution in [-0.4, -0.2) is 15.1 Å². The second-order valence-electron chi connectivity index (χ2n) is 2.56. The molecule has 0 aliphatic heterocycles. The number of pyridine rings is 1. The molecule has 0 atom stereocenters. The number of alkyl halides is 2. The summed E-state index contributed by atoms with van der Waals surface area (Å²) in [5.74, 6) is -1.08. The van der Waals surface area contributed by atoms with Crippen molar-refractivity contribution in [3.63, 3.8) is 0 Å². The van der Waals surface area contributed by atoms with Gasteiger partial charge in [0, 0.05) is 6.07 Å². The maximum Gasteiger partial charge on any atom is 0.377 e. The Bertz CT molecular complexity index is 467. The second kappa shape index (κ2) is 4.67. The van der Waals surface area contributed by atoms with Crippen molar-refractivity contribution >= 4 is 34.3 Å². The summed E-state index contributed by atoms with van der Waals surface area (Å²) in [6, 6.07) is 0.662. The van der Waals surface area contributed by atoms with Gasteiger partial charge in [-0.3, -0.25) is 4.79 Å². The van der Waals surface area contributed by atoms with E-state index in [-0.39, 0.29) is 0 Å². The Kier molecular flexibility index (Phi) is 3.71. The number of nitrogens with zero attached hydrogens (tertiary/aromatic N) is 2. The number of aromatic nitrogens is 1. The molecule has 0 spiro atoms. The highest BCUT2D eigenvalue weighted by atomic mass is 35.5. The highest BCUT2D eigenvalue weighted by Crippen LogP contribution is 2.30. The molecule has 0 N–H and O–H groups in total. The van der Waals surface area contributed by atoms with Gasteiger partial charge in [0.15, 0.2) is 5.56 Å². The zero-order chi connectivity index (χ0) is 12.5. The van der Waals surface area contributed by atoms with Gasteiger partial charge in [-0.1, -0.05) is 11.6 Å². The lowest BCUT2D eigenvalue weighted by atomic mass is 10.2. The average Bonchev–Trinajstić information content (AvgIpc) is 2.15. The van der Waals surface area contributed by atoms with E-state index in [2.05, 4.69) is 4.98 Å². The van der Waals surface area contributed by atoms with Crippen molar-refractivity contribution in [2.24, 2.45) is 0 Å². The minimum absolute atomic E-state index is 0.531. The third-order valence-electron chi connectivity index (χ3n) is 1.57. The summed E-state index contributed by atoms with van der Waals surface area (Å²) < 4.78 is 24.5. The first-order valence-electron chi connectivity index (χ1n) is 3.67. The molecule has 0 saturated carbocycles. The van der Waals surface area contributed by atoms with E-state index >= 15 is 0 Å². The third kappa shape index (κ3) is 2.42. The molecule has 0 radical (unpaired) electrons. The predicted molar refractivity (Wildman–Crippen MR) is 51.0 cm³/mol. The quantitative estimate of drug-likeness (QED) is 0.481. The second-order valence-corrected chi connectivity index (χ2v) is 3.31. The number of halogens is 4. The lowest BCUT2D eigenvalue weighted by Gasteiger charge is -2.02. The topological polar surface area (TPSA) is 73.1 Å². The molecule has 0 bridgehead atoms. The molecule has 0 aliphatic carbocycles. The standard InChI is InChI=1S/C7H2Cl2F2N2O3/c8-2-1-3(6(10)11)12-7(13(15)16)4(2)5(9)14/h1,6H. The van der Waals surface area contributed by atoms with Crippen LogP contribution in [0.4, 0.5) is 14.6 Å². The Morgan fingerprint density at radius 1 is 1.56 bits per heavy atom. The Morgan fingerprint density at radius 2 is 2.12 bits per heavy atom. The van der Waals surface area contributed by atoms with Crippen LogP contribution in [0.1, 0.15) is 22.5 Å². The molecule has 9 heteroatoms. The van der Waals surface area contributed by atoms with Crippen LogP contribution in [0.3, 0.4) is 0 Å². The fourth-order valence-electron chi connectivity index (χ4n) is 0.945. The van der Waals surface area contributed by atoms with Crippen LogP contribution in [0, 0.1) is 10.1 Å². The maximum atomic E-state index is 12.3. The first-order chi connectivity index (χ1) is 7.34. The molecule has 0 saturated heterocycles. The van der Waals surface area contributed by atoms with E-state index < -0.39 is 38.7 Å². The average molecular weight is 271 g/mol. The smallest absolute Gasteiger partial charge is 0.358 e.